The molecule has 1 fully saturated rings. The van der Waals surface area contributed by atoms with Crippen LogP contribution in [0.5, 0.6) is 0 Å². The Morgan fingerprint density at radius 1 is 1.25 bits per heavy atom. The van der Waals surface area contributed by atoms with E-state index in [9.17, 15) is 13.2 Å². The van der Waals surface area contributed by atoms with E-state index >= 15 is 0 Å². The normalized spacial score (nSPS) is 16.9. The van der Waals surface area contributed by atoms with Gasteiger partial charge in [0.2, 0.25) is 0 Å². The molecule has 6 nitrogen and oxygen atoms in total. The van der Waals surface area contributed by atoms with Gasteiger partial charge >= 0.3 is 16.2 Å². The Kier molecular flexibility index (Phi) is 4.52. The van der Waals surface area contributed by atoms with E-state index in [-0.39, 0.29) is 16.3 Å². The number of anilines is 1. The molecule has 2 rings (SSSR count). The molecule has 8 heteroatoms. The van der Waals surface area contributed by atoms with Crippen molar-refractivity contribution in [1.82, 2.24) is 4.31 Å². The zero-order valence-corrected chi connectivity index (χ0v) is 12.2. The van der Waals surface area contributed by atoms with E-state index in [0.29, 0.717) is 13.1 Å². The topological polar surface area (TPSA) is 86.7 Å². The zero-order chi connectivity index (χ0) is 14.8. The number of rotatable bonds is 4. The van der Waals surface area contributed by atoms with Crippen molar-refractivity contribution in [3.63, 3.8) is 0 Å². The molecule has 0 bridgehead atoms. The lowest BCUT2D eigenvalue weighted by Gasteiger charge is -2.26. The van der Waals surface area contributed by atoms with Crippen molar-refractivity contribution in [2.75, 3.05) is 17.8 Å². The first kappa shape index (κ1) is 15.1. The average Bonchev–Trinajstić information content (AvgIpc) is 2.42. The molecular formula is C12H15ClN2O4S. The molecule has 1 heterocycles. The van der Waals surface area contributed by atoms with Crippen molar-refractivity contribution < 1.29 is 18.3 Å². The predicted molar refractivity (Wildman–Crippen MR) is 76.4 cm³/mol. The molecule has 110 valence electrons. The molecule has 0 unspecified atom stereocenters. The second-order valence-electron chi connectivity index (χ2n) is 4.57. The number of hydrogen-bond acceptors (Lipinski definition) is 3. The molecule has 0 atom stereocenters. The fourth-order valence-corrected chi connectivity index (χ4v) is 3.58. The maximum atomic E-state index is 12.2. The van der Waals surface area contributed by atoms with Gasteiger partial charge < -0.3 is 5.11 Å². The number of hydrogen-bond donors (Lipinski definition) is 2. The average molecular weight is 319 g/mol. The van der Waals surface area contributed by atoms with Gasteiger partial charge in [0.05, 0.1) is 16.3 Å². The summed E-state index contributed by atoms with van der Waals surface area (Å²) in [6, 6.07) is 3.90. The van der Waals surface area contributed by atoms with Crippen LogP contribution in [0.3, 0.4) is 0 Å². The molecule has 0 amide bonds. The van der Waals surface area contributed by atoms with Crippen molar-refractivity contribution in [3.05, 3.63) is 28.8 Å². The van der Waals surface area contributed by atoms with E-state index in [1.54, 1.807) is 0 Å². The van der Waals surface area contributed by atoms with Gasteiger partial charge in [0, 0.05) is 13.1 Å². The van der Waals surface area contributed by atoms with Crippen LogP contribution in [0.2, 0.25) is 5.02 Å². The smallest absolute Gasteiger partial charge is 0.335 e. The standard InChI is InChI=1S/C12H15ClN2O4S/c13-10-5-4-9(12(16)17)8-11(10)14-20(18,19)15-6-2-1-3-7-15/h4-5,8,14H,1-3,6-7H2,(H,16,17). The molecule has 0 aromatic heterocycles. The Balaban J connectivity index is 2.24. The summed E-state index contributed by atoms with van der Waals surface area (Å²) in [7, 11) is -3.70. The number of carboxylic acids is 1. The number of nitrogens with one attached hydrogen (secondary N) is 1. The van der Waals surface area contributed by atoms with Gasteiger partial charge in [0.25, 0.3) is 0 Å². The van der Waals surface area contributed by atoms with Crippen molar-refractivity contribution in [1.29, 1.82) is 0 Å². The van der Waals surface area contributed by atoms with Gasteiger partial charge in [-0.1, -0.05) is 18.0 Å². The first-order valence-electron chi connectivity index (χ1n) is 6.21. The zero-order valence-electron chi connectivity index (χ0n) is 10.7. The summed E-state index contributed by atoms with van der Waals surface area (Å²) >= 11 is 5.91. The second-order valence-corrected chi connectivity index (χ2v) is 6.64. The highest BCUT2D eigenvalue weighted by Gasteiger charge is 2.24. The van der Waals surface area contributed by atoms with Crippen molar-refractivity contribution in [2.24, 2.45) is 0 Å². The van der Waals surface area contributed by atoms with Gasteiger partial charge in [0.15, 0.2) is 0 Å². The first-order valence-corrected chi connectivity index (χ1v) is 8.03. The predicted octanol–water partition coefficient (Wildman–Crippen LogP) is 2.18. The monoisotopic (exact) mass is 318 g/mol. The summed E-state index contributed by atoms with van der Waals surface area (Å²) in [5.41, 5.74) is 0.0582. The van der Waals surface area contributed by atoms with E-state index in [0.717, 1.165) is 19.3 Å². The fourth-order valence-electron chi connectivity index (χ4n) is 2.05. The fraction of sp³-hybridized carbons (Fsp3) is 0.417. The Hall–Kier alpha value is -1.31. The van der Waals surface area contributed by atoms with Crippen LogP contribution in [-0.4, -0.2) is 36.9 Å². The lowest BCUT2D eigenvalue weighted by molar-refractivity contribution is 0.0697. The van der Waals surface area contributed by atoms with Crippen LogP contribution in [-0.2, 0) is 10.2 Å². The number of nitrogens with zero attached hydrogens (tertiary/aromatic N) is 1. The summed E-state index contributed by atoms with van der Waals surface area (Å²) in [5.74, 6) is -1.14. The summed E-state index contributed by atoms with van der Waals surface area (Å²) in [6.45, 7) is 0.928. The highest BCUT2D eigenvalue weighted by molar-refractivity contribution is 7.90. The van der Waals surface area contributed by atoms with Gasteiger partial charge in [-0.3, -0.25) is 4.72 Å². The highest BCUT2D eigenvalue weighted by atomic mass is 35.5. The van der Waals surface area contributed by atoms with Crippen molar-refractivity contribution in [2.45, 2.75) is 19.3 Å². The third kappa shape index (κ3) is 3.41. The van der Waals surface area contributed by atoms with Crippen LogP contribution in [0.4, 0.5) is 5.69 Å². The Morgan fingerprint density at radius 3 is 2.50 bits per heavy atom. The van der Waals surface area contributed by atoms with Crippen LogP contribution < -0.4 is 4.72 Å². The molecule has 1 aromatic carbocycles. The minimum absolute atomic E-state index is 0.0225. The van der Waals surface area contributed by atoms with E-state index in [4.69, 9.17) is 16.7 Å². The molecule has 1 saturated heterocycles. The molecule has 0 radical (unpaired) electrons. The Labute approximate surface area is 122 Å². The van der Waals surface area contributed by atoms with Crippen molar-refractivity contribution >= 4 is 33.5 Å². The summed E-state index contributed by atoms with van der Waals surface area (Å²) in [6.07, 6.45) is 2.66. The molecule has 0 spiro atoms. The van der Waals surface area contributed by atoms with E-state index < -0.39 is 16.2 Å². The molecule has 2 N–H and O–H groups in total. The number of aromatic carboxylic acids is 1. The number of piperidine rings is 1. The van der Waals surface area contributed by atoms with Gasteiger partial charge in [-0.05, 0) is 31.0 Å². The third-order valence-electron chi connectivity index (χ3n) is 3.11. The van der Waals surface area contributed by atoms with Gasteiger partial charge in [0.1, 0.15) is 0 Å². The van der Waals surface area contributed by atoms with Gasteiger partial charge in [-0.2, -0.15) is 12.7 Å². The summed E-state index contributed by atoms with van der Waals surface area (Å²) in [4.78, 5) is 10.9. The van der Waals surface area contributed by atoms with Gasteiger partial charge in [-0.25, -0.2) is 4.79 Å². The number of carboxylic acid groups (broad SMARTS) is 1. The minimum Gasteiger partial charge on any atom is -0.478 e. The third-order valence-corrected chi connectivity index (χ3v) is 4.96. The maximum absolute atomic E-state index is 12.2. The summed E-state index contributed by atoms with van der Waals surface area (Å²) < 4.78 is 28.1. The van der Waals surface area contributed by atoms with Crippen molar-refractivity contribution in [3.8, 4) is 0 Å². The van der Waals surface area contributed by atoms with E-state index in [1.807, 2.05) is 0 Å². The van der Waals surface area contributed by atoms with Crippen LogP contribution in [0.25, 0.3) is 0 Å². The molecule has 1 aliphatic rings. The molecule has 0 saturated carbocycles. The van der Waals surface area contributed by atoms with Crippen LogP contribution in [0.15, 0.2) is 18.2 Å². The lowest BCUT2D eigenvalue weighted by Crippen LogP contribution is -2.39. The largest absolute Gasteiger partial charge is 0.478 e. The number of halogens is 1. The number of carbonyl (C=O) groups is 1. The molecule has 1 aromatic rings. The molecule has 1 aliphatic heterocycles. The minimum atomic E-state index is -3.70. The first-order chi connectivity index (χ1) is 9.40. The summed E-state index contributed by atoms with van der Waals surface area (Å²) in [5, 5.41) is 9.08. The molecular weight excluding hydrogens is 304 g/mol. The van der Waals surface area contributed by atoms with Crippen LogP contribution in [0, 0.1) is 0 Å². The van der Waals surface area contributed by atoms with Crippen LogP contribution >= 0.6 is 11.6 Å². The highest BCUT2D eigenvalue weighted by Crippen LogP contribution is 2.25. The number of benzene rings is 1. The van der Waals surface area contributed by atoms with E-state index in [1.165, 1.54) is 22.5 Å². The Morgan fingerprint density at radius 2 is 1.90 bits per heavy atom. The molecule has 0 aliphatic carbocycles. The maximum Gasteiger partial charge on any atom is 0.335 e. The van der Waals surface area contributed by atoms with Gasteiger partial charge in [-0.15, -0.1) is 0 Å². The van der Waals surface area contributed by atoms with E-state index in [2.05, 4.69) is 4.72 Å². The lowest BCUT2D eigenvalue weighted by atomic mass is 10.2. The van der Waals surface area contributed by atoms with Crippen LogP contribution in [0.1, 0.15) is 29.6 Å². The Bertz CT molecular complexity index is 612. The SMILES string of the molecule is O=C(O)c1ccc(Cl)c(NS(=O)(=O)N2CCCCC2)c1. The second kappa shape index (κ2) is 5.99. The molecule has 20 heavy (non-hydrogen) atoms. The quantitative estimate of drug-likeness (QED) is 0.890.